The average molecular weight is 259 g/mol. The number of carbonyl (C=O) groups excluding carboxylic acids is 3. The molecule has 98 valence electrons. The van der Waals surface area contributed by atoms with Crippen molar-refractivity contribution in [2.24, 2.45) is 17.7 Å². The van der Waals surface area contributed by atoms with Gasteiger partial charge in [-0.05, 0) is 24.1 Å². The van der Waals surface area contributed by atoms with Gasteiger partial charge in [0.15, 0.2) is 0 Å². The van der Waals surface area contributed by atoms with Crippen LogP contribution in [0.2, 0.25) is 0 Å². The Hall–Kier alpha value is -2.21. The number of carbonyl (C=O) groups is 3. The van der Waals surface area contributed by atoms with Gasteiger partial charge in [0, 0.05) is 5.56 Å². The van der Waals surface area contributed by atoms with E-state index in [9.17, 15) is 14.4 Å². The van der Waals surface area contributed by atoms with E-state index in [0.29, 0.717) is 12.0 Å². The largest absolute Gasteiger partial charge is 0.290 e. The van der Waals surface area contributed by atoms with Gasteiger partial charge in [-0.1, -0.05) is 12.1 Å². The van der Waals surface area contributed by atoms with Gasteiger partial charge in [-0.3, -0.25) is 24.7 Å². The Labute approximate surface area is 109 Å². The molecule has 3 amide bonds. The monoisotopic (exact) mass is 259 g/mol. The number of amides is 3. The zero-order chi connectivity index (χ0) is 13.6. The SMILES string of the molecule is NNC(=O)c1cccc(CN2C(=O)C3CC3C2=O)c1. The molecule has 1 aromatic carbocycles. The molecule has 3 rings (SSSR count). The standard InChI is InChI=1S/C13H13N3O3/c14-15-11(17)8-3-1-2-7(4-8)6-16-12(18)9-5-10(9)13(16)19/h1-4,9-10H,5-6,14H2,(H,15,17). The number of hydrogen-bond acceptors (Lipinski definition) is 4. The number of hydrazine groups is 1. The zero-order valence-corrected chi connectivity index (χ0v) is 10.1. The molecule has 1 saturated heterocycles. The molecule has 2 atom stereocenters. The number of nitrogens with two attached hydrogens (primary N) is 1. The summed E-state index contributed by atoms with van der Waals surface area (Å²) in [4.78, 5) is 36.4. The van der Waals surface area contributed by atoms with Crippen molar-refractivity contribution in [3.8, 4) is 0 Å². The fourth-order valence-electron chi connectivity index (χ4n) is 2.48. The smallest absolute Gasteiger partial charge is 0.265 e. The fraction of sp³-hybridized carbons (Fsp3) is 0.308. The Kier molecular flexibility index (Phi) is 2.60. The third kappa shape index (κ3) is 1.90. The van der Waals surface area contributed by atoms with Gasteiger partial charge >= 0.3 is 0 Å². The molecule has 1 aromatic rings. The van der Waals surface area contributed by atoms with Gasteiger partial charge in [0.25, 0.3) is 5.91 Å². The summed E-state index contributed by atoms with van der Waals surface area (Å²) >= 11 is 0. The number of rotatable bonds is 3. The molecule has 2 fully saturated rings. The van der Waals surface area contributed by atoms with Crippen LogP contribution in [0.3, 0.4) is 0 Å². The third-order valence-corrected chi connectivity index (χ3v) is 3.62. The van der Waals surface area contributed by atoms with E-state index in [0.717, 1.165) is 5.56 Å². The molecular formula is C13H13N3O3. The van der Waals surface area contributed by atoms with Crippen LogP contribution in [-0.2, 0) is 16.1 Å². The Morgan fingerprint density at radius 2 is 2.00 bits per heavy atom. The van der Waals surface area contributed by atoms with Crippen molar-refractivity contribution >= 4 is 17.7 Å². The van der Waals surface area contributed by atoms with Crippen LogP contribution >= 0.6 is 0 Å². The van der Waals surface area contributed by atoms with Crippen LogP contribution in [-0.4, -0.2) is 22.6 Å². The Balaban J connectivity index is 1.78. The van der Waals surface area contributed by atoms with Gasteiger partial charge in [0.1, 0.15) is 0 Å². The molecule has 1 aliphatic heterocycles. The highest BCUT2D eigenvalue weighted by Crippen LogP contribution is 2.47. The number of benzene rings is 1. The molecular weight excluding hydrogens is 246 g/mol. The number of hydrogen-bond donors (Lipinski definition) is 2. The molecule has 3 N–H and O–H groups in total. The highest BCUT2D eigenvalue weighted by Gasteiger charge is 2.58. The predicted octanol–water partition coefficient (Wildman–Crippen LogP) is -0.205. The van der Waals surface area contributed by atoms with E-state index in [4.69, 9.17) is 5.84 Å². The number of piperidine rings is 1. The zero-order valence-electron chi connectivity index (χ0n) is 10.1. The van der Waals surface area contributed by atoms with Crippen molar-refractivity contribution in [1.29, 1.82) is 0 Å². The first-order chi connectivity index (χ1) is 9.11. The number of nitrogens with zero attached hydrogens (tertiary/aromatic N) is 1. The quantitative estimate of drug-likeness (QED) is 0.340. The lowest BCUT2D eigenvalue weighted by Crippen LogP contribution is -2.32. The number of nitrogens with one attached hydrogen (secondary N) is 1. The first-order valence-electron chi connectivity index (χ1n) is 6.07. The molecule has 0 bridgehead atoms. The van der Waals surface area contributed by atoms with E-state index >= 15 is 0 Å². The third-order valence-electron chi connectivity index (χ3n) is 3.62. The van der Waals surface area contributed by atoms with E-state index < -0.39 is 5.91 Å². The van der Waals surface area contributed by atoms with Gasteiger partial charge in [-0.15, -0.1) is 0 Å². The lowest BCUT2D eigenvalue weighted by molar-refractivity contribution is -0.142. The number of fused-ring (bicyclic) bond motifs is 1. The van der Waals surface area contributed by atoms with Crippen LogP contribution in [0.1, 0.15) is 22.3 Å². The molecule has 0 aromatic heterocycles. The summed E-state index contributed by atoms with van der Waals surface area (Å²) < 4.78 is 0. The summed E-state index contributed by atoms with van der Waals surface area (Å²) in [6.45, 7) is 0.219. The van der Waals surface area contributed by atoms with E-state index in [2.05, 4.69) is 0 Å². The van der Waals surface area contributed by atoms with Crippen LogP contribution in [0.4, 0.5) is 0 Å². The summed E-state index contributed by atoms with van der Waals surface area (Å²) in [5.74, 6) is 4.29. The molecule has 6 heteroatoms. The van der Waals surface area contributed by atoms with E-state index in [1.54, 1.807) is 24.3 Å². The lowest BCUT2D eigenvalue weighted by atomic mass is 10.1. The van der Waals surface area contributed by atoms with Gasteiger partial charge in [0.2, 0.25) is 11.8 Å². The van der Waals surface area contributed by atoms with E-state index in [-0.39, 0.29) is 30.2 Å². The van der Waals surface area contributed by atoms with Crippen molar-refractivity contribution in [3.05, 3.63) is 35.4 Å². The highest BCUT2D eigenvalue weighted by atomic mass is 16.2. The molecule has 0 radical (unpaired) electrons. The number of likely N-dealkylation sites (tertiary alicyclic amines) is 1. The summed E-state index contributed by atoms with van der Waals surface area (Å²) in [5.41, 5.74) is 3.19. The second-order valence-corrected chi connectivity index (χ2v) is 4.89. The predicted molar refractivity (Wildman–Crippen MR) is 65.2 cm³/mol. The van der Waals surface area contributed by atoms with Crippen molar-refractivity contribution < 1.29 is 14.4 Å². The van der Waals surface area contributed by atoms with E-state index in [1.165, 1.54) is 4.90 Å². The van der Waals surface area contributed by atoms with Crippen molar-refractivity contribution in [2.75, 3.05) is 0 Å². The van der Waals surface area contributed by atoms with Crippen LogP contribution in [0.25, 0.3) is 0 Å². The van der Waals surface area contributed by atoms with Crippen LogP contribution in [0, 0.1) is 11.8 Å². The maximum absolute atomic E-state index is 11.8. The Morgan fingerprint density at radius 3 is 2.63 bits per heavy atom. The van der Waals surface area contributed by atoms with Crippen molar-refractivity contribution in [2.45, 2.75) is 13.0 Å². The molecule has 0 spiro atoms. The summed E-state index contributed by atoms with van der Waals surface area (Å²) in [7, 11) is 0. The molecule has 1 saturated carbocycles. The minimum Gasteiger partial charge on any atom is -0.290 e. The molecule has 2 aliphatic rings. The van der Waals surface area contributed by atoms with E-state index in [1.807, 2.05) is 5.43 Å². The van der Waals surface area contributed by atoms with Gasteiger partial charge in [-0.25, -0.2) is 5.84 Å². The summed E-state index contributed by atoms with van der Waals surface area (Å²) in [6.07, 6.45) is 0.698. The van der Waals surface area contributed by atoms with Gasteiger partial charge in [0.05, 0.1) is 18.4 Å². The Morgan fingerprint density at radius 1 is 1.32 bits per heavy atom. The van der Waals surface area contributed by atoms with Crippen LogP contribution < -0.4 is 11.3 Å². The topological polar surface area (TPSA) is 92.5 Å². The molecule has 6 nitrogen and oxygen atoms in total. The number of imide groups is 1. The molecule has 1 aliphatic carbocycles. The molecule has 2 unspecified atom stereocenters. The Bertz CT molecular complexity index is 564. The molecule has 1 heterocycles. The first kappa shape index (κ1) is 11.9. The minimum atomic E-state index is -0.399. The first-order valence-corrected chi connectivity index (χ1v) is 6.07. The maximum atomic E-state index is 11.8. The second-order valence-electron chi connectivity index (χ2n) is 4.89. The van der Waals surface area contributed by atoms with Crippen LogP contribution in [0.5, 0.6) is 0 Å². The minimum absolute atomic E-state index is 0.0938. The normalized spacial score (nSPS) is 24.4. The van der Waals surface area contributed by atoms with Gasteiger partial charge < -0.3 is 0 Å². The molecule has 19 heavy (non-hydrogen) atoms. The highest BCUT2D eigenvalue weighted by molar-refractivity contribution is 6.08. The summed E-state index contributed by atoms with van der Waals surface area (Å²) in [5, 5.41) is 0. The van der Waals surface area contributed by atoms with Crippen LogP contribution in [0.15, 0.2) is 24.3 Å². The van der Waals surface area contributed by atoms with Crippen molar-refractivity contribution in [3.63, 3.8) is 0 Å². The van der Waals surface area contributed by atoms with Gasteiger partial charge in [-0.2, -0.15) is 0 Å². The van der Waals surface area contributed by atoms with Crippen molar-refractivity contribution in [1.82, 2.24) is 10.3 Å². The summed E-state index contributed by atoms with van der Waals surface area (Å²) in [6, 6.07) is 6.73. The lowest BCUT2D eigenvalue weighted by Gasteiger charge is -2.16. The average Bonchev–Trinajstić information content (AvgIpc) is 3.19. The maximum Gasteiger partial charge on any atom is 0.265 e. The number of nitrogen functional groups attached to an aromatic ring is 1. The second kappa shape index (κ2) is 4.17. The fourth-order valence-corrected chi connectivity index (χ4v) is 2.48.